The van der Waals surface area contributed by atoms with Crippen molar-refractivity contribution in [2.75, 3.05) is 0 Å². The van der Waals surface area contributed by atoms with Crippen LogP contribution >= 0.6 is 0 Å². The Bertz CT molecular complexity index is 1100. The van der Waals surface area contributed by atoms with Crippen LogP contribution in [0.2, 0.25) is 0 Å². The first-order valence-electron chi connectivity index (χ1n) is 10.4. The van der Waals surface area contributed by atoms with Gasteiger partial charge in [-0.3, -0.25) is 0 Å². The highest BCUT2D eigenvalue weighted by molar-refractivity contribution is 5.96. The van der Waals surface area contributed by atoms with E-state index in [1.807, 2.05) is 6.07 Å². The van der Waals surface area contributed by atoms with E-state index in [1.54, 1.807) is 0 Å². The molecule has 6 rings (SSSR count). The number of allylic oxidation sites excluding steroid dienone is 8. The lowest BCUT2D eigenvalue weighted by atomic mass is 9.83. The second kappa shape index (κ2) is 5.51. The summed E-state index contributed by atoms with van der Waals surface area (Å²) in [4.78, 5) is 0. The second-order valence-corrected chi connectivity index (χ2v) is 8.57. The predicted molar refractivity (Wildman–Crippen MR) is 111 cm³/mol. The molecule has 3 aliphatic carbocycles. The number of phenols is 1. The van der Waals surface area contributed by atoms with Crippen LogP contribution in [0.4, 0.5) is 0 Å². The lowest BCUT2D eigenvalue weighted by Gasteiger charge is -2.25. The fourth-order valence-electron chi connectivity index (χ4n) is 5.66. The van der Waals surface area contributed by atoms with Gasteiger partial charge in [0.25, 0.3) is 0 Å². The minimum atomic E-state index is 0.391. The molecule has 1 saturated carbocycles. The van der Waals surface area contributed by atoms with Gasteiger partial charge in [-0.15, -0.1) is 0 Å². The highest BCUT2D eigenvalue weighted by Crippen LogP contribution is 2.53. The van der Waals surface area contributed by atoms with Crippen LogP contribution in [0.3, 0.4) is 0 Å². The maximum Gasteiger partial charge on any atom is 0.124 e. The van der Waals surface area contributed by atoms with E-state index >= 15 is 0 Å². The summed E-state index contributed by atoms with van der Waals surface area (Å²) < 4.78 is 2.49. The highest BCUT2D eigenvalue weighted by atomic mass is 16.3. The predicted octanol–water partition coefficient (Wildman–Crippen LogP) is 6.55. The van der Waals surface area contributed by atoms with Crippen molar-refractivity contribution >= 4 is 16.6 Å². The fraction of sp³-hybridized carbons (Fsp3) is 0.360. The van der Waals surface area contributed by atoms with Gasteiger partial charge >= 0.3 is 0 Å². The van der Waals surface area contributed by atoms with Crippen LogP contribution < -0.4 is 0 Å². The van der Waals surface area contributed by atoms with Gasteiger partial charge in [-0.1, -0.05) is 43.6 Å². The number of nitrogens with zero attached hydrogens (tertiary/aromatic N) is 1. The van der Waals surface area contributed by atoms with Crippen molar-refractivity contribution in [1.29, 1.82) is 0 Å². The third kappa shape index (κ3) is 2.13. The zero-order valence-corrected chi connectivity index (χ0v) is 15.8. The van der Waals surface area contributed by atoms with Gasteiger partial charge in [-0.2, -0.15) is 0 Å². The van der Waals surface area contributed by atoms with Crippen molar-refractivity contribution in [2.24, 2.45) is 0 Å². The first-order chi connectivity index (χ1) is 13.2. The third-order valence-electron chi connectivity index (χ3n) is 7.09. The molecule has 1 fully saturated rings. The first kappa shape index (κ1) is 15.6. The van der Waals surface area contributed by atoms with E-state index in [4.69, 9.17) is 0 Å². The van der Waals surface area contributed by atoms with Crippen molar-refractivity contribution in [1.82, 2.24) is 4.57 Å². The highest BCUT2D eigenvalue weighted by Gasteiger charge is 2.36. The maximum absolute atomic E-state index is 10.7. The van der Waals surface area contributed by atoms with Crippen LogP contribution in [0.1, 0.15) is 68.5 Å². The van der Waals surface area contributed by atoms with Crippen LogP contribution in [0.25, 0.3) is 16.6 Å². The summed E-state index contributed by atoms with van der Waals surface area (Å²) in [5, 5.41) is 11.7. The Hall–Kier alpha value is -2.48. The molecular weight excluding hydrogens is 330 g/mol. The van der Waals surface area contributed by atoms with E-state index in [1.165, 1.54) is 71.3 Å². The van der Waals surface area contributed by atoms with E-state index in [0.29, 0.717) is 17.6 Å². The number of phenolic OH excluding ortho intramolecular Hbond substituents is 1. The molecule has 136 valence electrons. The Kier molecular flexibility index (Phi) is 3.18. The Labute approximate surface area is 160 Å². The zero-order chi connectivity index (χ0) is 18.1. The van der Waals surface area contributed by atoms with Gasteiger partial charge in [0.05, 0.1) is 5.52 Å². The van der Waals surface area contributed by atoms with Gasteiger partial charge in [0.1, 0.15) is 5.75 Å². The van der Waals surface area contributed by atoms with Crippen LogP contribution in [0, 0.1) is 0 Å². The quantitative estimate of drug-likeness (QED) is 0.616. The molecule has 0 saturated heterocycles. The molecule has 0 spiro atoms. The van der Waals surface area contributed by atoms with E-state index in [2.05, 4.69) is 47.9 Å². The molecule has 0 radical (unpaired) electrons. The van der Waals surface area contributed by atoms with Crippen molar-refractivity contribution < 1.29 is 5.11 Å². The van der Waals surface area contributed by atoms with E-state index in [0.717, 1.165) is 11.8 Å². The Morgan fingerprint density at radius 1 is 1.11 bits per heavy atom. The molecule has 2 heteroatoms. The largest absolute Gasteiger partial charge is 0.507 e. The van der Waals surface area contributed by atoms with E-state index in [9.17, 15) is 5.11 Å². The van der Waals surface area contributed by atoms with Gasteiger partial charge < -0.3 is 9.67 Å². The summed E-state index contributed by atoms with van der Waals surface area (Å²) in [6.07, 6.45) is 16.7. The number of aromatic hydroxyl groups is 1. The molecular formula is C25H25NO. The Balaban J connectivity index is 1.66. The molecule has 4 aliphatic rings. The Morgan fingerprint density at radius 2 is 1.96 bits per heavy atom. The molecule has 2 heterocycles. The smallest absolute Gasteiger partial charge is 0.124 e. The molecule has 1 aromatic heterocycles. The molecule has 1 unspecified atom stereocenters. The van der Waals surface area contributed by atoms with Crippen molar-refractivity contribution in [2.45, 2.75) is 57.3 Å². The molecule has 27 heavy (non-hydrogen) atoms. The summed E-state index contributed by atoms with van der Waals surface area (Å²) in [6.45, 7) is 2.25. The van der Waals surface area contributed by atoms with Crippen molar-refractivity contribution in [3.63, 3.8) is 0 Å². The van der Waals surface area contributed by atoms with E-state index in [-0.39, 0.29) is 0 Å². The summed E-state index contributed by atoms with van der Waals surface area (Å²) in [5.41, 5.74) is 9.66. The number of aromatic nitrogens is 1. The minimum absolute atomic E-state index is 0.391. The normalized spacial score (nSPS) is 24.1. The maximum atomic E-state index is 10.7. The van der Waals surface area contributed by atoms with Crippen LogP contribution in [-0.2, 0) is 0 Å². The number of fused-ring (bicyclic) bond motifs is 7. The molecule has 1 aromatic carbocycles. The summed E-state index contributed by atoms with van der Waals surface area (Å²) in [7, 11) is 0. The molecule has 1 atom stereocenters. The van der Waals surface area contributed by atoms with Gasteiger partial charge in [-0.25, -0.2) is 0 Å². The number of hydrogen-bond donors (Lipinski definition) is 1. The molecule has 0 bridgehead atoms. The van der Waals surface area contributed by atoms with E-state index < -0.39 is 0 Å². The Morgan fingerprint density at radius 3 is 2.81 bits per heavy atom. The third-order valence-corrected chi connectivity index (χ3v) is 7.09. The SMILES string of the molecule is CC1=C2C=C2C2=CC=CCC2c2cc3c(O)ccc(C4CCCCC4)c3n21. The van der Waals surface area contributed by atoms with Gasteiger partial charge in [0.2, 0.25) is 0 Å². The summed E-state index contributed by atoms with van der Waals surface area (Å²) in [5.74, 6) is 1.43. The summed E-state index contributed by atoms with van der Waals surface area (Å²) >= 11 is 0. The van der Waals surface area contributed by atoms with Crippen molar-refractivity contribution in [3.05, 3.63) is 70.5 Å². The first-order valence-corrected chi connectivity index (χ1v) is 10.4. The lowest BCUT2D eigenvalue weighted by Crippen LogP contribution is -2.10. The lowest BCUT2D eigenvalue weighted by molar-refractivity contribution is 0.444. The molecule has 2 aromatic rings. The summed E-state index contributed by atoms with van der Waals surface area (Å²) in [6, 6.07) is 6.39. The average molecular weight is 355 g/mol. The minimum Gasteiger partial charge on any atom is -0.507 e. The van der Waals surface area contributed by atoms with Gasteiger partial charge in [0, 0.05) is 28.3 Å². The zero-order valence-electron chi connectivity index (χ0n) is 15.8. The van der Waals surface area contributed by atoms with Gasteiger partial charge in [-0.05, 0) is 67.0 Å². The molecule has 1 N–H and O–H groups in total. The second-order valence-electron chi connectivity index (χ2n) is 8.57. The van der Waals surface area contributed by atoms with Crippen molar-refractivity contribution in [3.8, 4) is 5.75 Å². The van der Waals surface area contributed by atoms with Gasteiger partial charge in [0.15, 0.2) is 0 Å². The average Bonchev–Trinajstić information content (AvgIpc) is 3.42. The van der Waals surface area contributed by atoms with Crippen LogP contribution in [0.15, 0.2) is 59.2 Å². The van der Waals surface area contributed by atoms with Crippen LogP contribution in [0.5, 0.6) is 5.75 Å². The number of benzene rings is 1. The number of hydrogen-bond acceptors (Lipinski definition) is 1. The molecule has 1 aliphatic heterocycles. The topological polar surface area (TPSA) is 25.2 Å². The standard InChI is InChI=1S/C25H25NO/c1-15-20-13-21(20)18-9-5-6-10-19(18)23-14-22-24(27)12-11-17(25(22)26(15)23)16-7-3-2-4-8-16/h5-6,9,11-14,16,19,27H,2-4,7-8,10H2,1H3. The fourth-order valence-corrected chi connectivity index (χ4v) is 5.66. The monoisotopic (exact) mass is 355 g/mol. The van der Waals surface area contributed by atoms with Crippen LogP contribution in [-0.4, -0.2) is 9.67 Å². The number of rotatable bonds is 1. The molecule has 0 amide bonds. The molecule has 2 nitrogen and oxygen atoms in total.